The molecule has 112 valence electrons. The molecule has 0 bridgehead atoms. The van der Waals surface area contributed by atoms with E-state index in [-0.39, 0.29) is 29.6 Å². The summed E-state index contributed by atoms with van der Waals surface area (Å²) in [4.78, 5) is -0.401. The summed E-state index contributed by atoms with van der Waals surface area (Å²) in [7, 11) is -4.41. The van der Waals surface area contributed by atoms with Crippen LogP contribution in [0.3, 0.4) is 0 Å². The van der Waals surface area contributed by atoms with Gasteiger partial charge in [0.1, 0.15) is 0 Å². The van der Waals surface area contributed by atoms with Crippen molar-refractivity contribution in [2.45, 2.75) is 4.90 Å². The number of benzene rings is 3. The molecule has 23 heavy (non-hydrogen) atoms. The molecular formula is C16H12NNaO4S. The SMILES string of the molecule is O=S(=O)(O)c1cc([O-])c2ccc(Nc3ccccc3)cc2c1.[Na+]. The van der Waals surface area contributed by atoms with Crippen LogP contribution in [0, 0.1) is 0 Å². The molecule has 7 heteroatoms. The van der Waals surface area contributed by atoms with E-state index in [9.17, 15) is 13.5 Å². The van der Waals surface area contributed by atoms with Gasteiger partial charge in [0.25, 0.3) is 10.1 Å². The van der Waals surface area contributed by atoms with Crippen LogP contribution in [0.1, 0.15) is 0 Å². The fourth-order valence-electron chi connectivity index (χ4n) is 2.22. The molecule has 0 unspecified atom stereocenters. The van der Waals surface area contributed by atoms with E-state index in [1.807, 2.05) is 30.3 Å². The molecule has 0 amide bonds. The van der Waals surface area contributed by atoms with Gasteiger partial charge in [-0.2, -0.15) is 8.42 Å². The number of rotatable bonds is 3. The second kappa shape index (κ2) is 6.90. The molecule has 3 rings (SSSR count). The Bertz CT molecular complexity index is 943. The summed E-state index contributed by atoms with van der Waals surface area (Å²) in [6, 6.07) is 16.7. The Labute approximate surface area is 156 Å². The van der Waals surface area contributed by atoms with Gasteiger partial charge >= 0.3 is 29.6 Å². The first-order valence-electron chi connectivity index (χ1n) is 6.48. The number of para-hydroxylation sites is 1. The normalized spacial score (nSPS) is 11.0. The van der Waals surface area contributed by atoms with Crippen molar-refractivity contribution in [2.75, 3.05) is 5.32 Å². The molecular weight excluding hydrogens is 325 g/mol. The average molecular weight is 337 g/mol. The minimum Gasteiger partial charge on any atom is -0.872 e. The summed E-state index contributed by atoms with van der Waals surface area (Å²) < 4.78 is 31.5. The Morgan fingerprint density at radius 2 is 1.61 bits per heavy atom. The number of anilines is 2. The van der Waals surface area contributed by atoms with Crippen molar-refractivity contribution in [3.8, 4) is 5.75 Å². The molecule has 0 atom stereocenters. The number of hydrogen-bond donors (Lipinski definition) is 2. The van der Waals surface area contributed by atoms with Crippen molar-refractivity contribution < 1.29 is 47.6 Å². The summed E-state index contributed by atoms with van der Waals surface area (Å²) in [6.07, 6.45) is 0. The maximum absolute atomic E-state index is 11.9. The molecule has 0 fully saturated rings. The molecule has 3 aromatic carbocycles. The first-order valence-corrected chi connectivity index (χ1v) is 7.92. The van der Waals surface area contributed by atoms with Crippen LogP contribution < -0.4 is 40.0 Å². The number of nitrogens with one attached hydrogen (secondary N) is 1. The van der Waals surface area contributed by atoms with Crippen LogP contribution in [0.5, 0.6) is 5.75 Å². The second-order valence-electron chi connectivity index (χ2n) is 4.82. The predicted octanol–water partition coefficient (Wildman–Crippen LogP) is -0.0923. The third-order valence-electron chi connectivity index (χ3n) is 3.25. The van der Waals surface area contributed by atoms with Crippen molar-refractivity contribution in [3.63, 3.8) is 0 Å². The van der Waals surface area contributed by atoms with Gasteiger partial charge in [0, 0.05) is 11.4 Å². The Kier molecular flexibility index (Phi) is 5.33. The molecule has 5 nitrogen and oxygen atoms in total. The molecule has 0 saturated heterocycles. The van der Waals surface area contributed by atoms with Crippen LogP contribution in [0.2, 0.25) is 0 Å². The summed E-state index contributed by atoms with van der Waals surface area (Å²) in [6.45, 7) is 0. The standard InChI is InChI=1S/C16H13NO4S.Na/c18-16-10-14(22(19,20)21)9-11-8-13(6-7-15(11)16)17-12-4-2-1-3-5-12;/h1-10,17-18H,(H,19,20,21);/q;+1/p-1. The summed E-state index contributed by atoms with van der Waals surface area (Å²) in [5, 5.41) is 15.9. The van der Waals surface area contributed by atoms with Crippen LogP contribution in [0.4, 0.5) is 11.4 Å². The van der Waals surface area contributed by atoms with Gasteiger partial charge in [-0.3, -0.25) is 4.55 Å². The van der Waals surface area contributed by atoms with Crippen molar-refractivity contribution in [1.29, 1.82) is 0 Å². The maximum atomic E-state index is 11.9. The molecule has 0 heterocycles. The van der Waals surface area contributed by atoms with Crippen molar-refractivity contribution in [2.24, 2.45) is 0 Å². The van der Waals surface area contributed by atoms with E-state index < -0.39 is 20.8 Å². The number of hydrogen-bond acceptors (Lipinski definition) is 4. The molecule has 0 aliphatic carbocycles. The van der Waals surface area contributed by atoms with Gasteiger partial charge in [-0.25, -0.2) is 0 Å². The first-order chi connectivity index (χ1) is 10.4. The minimum atomic E-state index is -4.41. The molecule has 0 aliphatic rings. The molecule has 0 saturated carbocycles. The predicted molar refractivity (Wildman–Crippen MR) is 82.9 cm³/mol. The molecule has 2 N–H and O–H groups in total. The van der Waals surface area contributed by atoms with Crippen LogP contribution in [-0.4, -0.2) is 13.0 Å². The van der Waals surface area contributed by atoms with Gasteiger partial charge in [-0.15, -0.1) is 0 Å². The summed E-state index contributed by atoms with van der Waals surface area (Å²) >= 11 is 0. The third-order valence-corrected chi connectivity index (χ3v) is 4.08. The van der Waals surface area contributed by atoms with Crippen molar-refractivity contribution >= 4 is 32.3 Å². The fourth-order valence-corrected chi connectivity index (χ4v) is 2.76. The minimum absolute atomic E-state index is 0. The first kappa shape index (κ1) is 17.8. The van der Waals surface area contributed by atoms with Gasteiger partial charge < -0.3 is 10.4 Å². The van der Waals surface area contributed by atoms with Gasteiger partial charge in [0.2, 0.25) is 0 Å². The molecule has 0 aliphatic heterocycles. The Morgan fingerprint density at radius 1 is 0.913 bits per heavy atom. The number of fused-ring (bicyclic) bond motifs is 1. The van der Waals surface area contributed by atoms with Crippen LogP contribution in [0.15, 0.2) is 65.6 Å². The van der Waals surface area contributed by atoms with E-state index in [0.717, 1.165) is 11.8 Å². The monoisotopic (exact) mass is 337 g/mol. The van der Waals surface area contributed by atoms with E-state index in [1.165, 1.54) is 6.07 Å². The maximum Gasteiger partial charge on any atom is 1.00 e. The second-order valence-corrected chi connectivity index (χ2v) is 6.24. The van der Waals surface area contributed by atoms with Crippen molar-refractivity contribution in [1.82, 2.24) is 0 Å². The van der Waals surface area contributed by atoms with E-state index in [0.29, 0.717) is 16.5 Å². The Balaban J connectivity index is 0.00000192. The molecule has 0 aromatic heterocycles. The largest absolute Gasteiger partial charge is 1.00 e. The van der Waals surface area contributed by atoms with Crippen LogP contribution in [-0.2, 0) is 10.1 Å². The van der Waals surface area contributed by atoms with E-state index in [2.05, 4.69) is 5.32 Å². The Morgan fingerprint density at radius 3 is 2.26 bits per heavy atom. The average Bonchev–Trinajstić information content (AvgIpc) is 2.47. The van der Waals surface area contributed by atoms with E-state index >= 15 is 0 Å². The quantitative estimate of drug-likeness (QED) is 0.515. The summed E-state index contributed by atoms with van der Waals surface area (Å²) in [5.41, 5.74) is 1.58. The van der Waals surface area contributed by atoms with E-state index in [1.54, 1.807) is 18.2 Å². The smallest absolute Gasteiger partial charge is 0.872 e. The zero-order valence-corrected chi connectivity index (χ0v) is 15.2. The molecule has 0 spiro atoms. The molecule has 3 aromatic rings. The van der Waals surface area contributed by atoms with Gasteiger partial charge in [-0.05, 0) is 47.2 Å². The van der Waals surface area contributed by atoms with Gasteiger partial charge in [0.05, 0.1) is 4.90 Å². The molecule has 0 radical (unpaired) electrons. The summed E-state index contributed by atoms with van der Waals surface area (Å²) in [5.74, 6) is -0.448. The van der Waals surface area contributed by atoms with Gasteiger partial charge in [-0.1, -0.05) is 30.0 Å². The van der Waals surface area contributed by atoms with E-state index in [4.69, 9.17) is 4.55 Å². The topological polar surface area (TPSA) is 89.5 Å². The fraction of sp³-hybridized carbons (Fsp3) is 0. The van der Waals surface area contributed by atoms with Gasteiger partial charge in [0.15, 0.2) is 0 Å². The van der Waals surface area contributed by atoms with Crippen molar-refractivity contribution in [3.05, 3.63) is 60.7 Å². The van der Waals surface area contributed by atoms with Crippen LogP contribution in [0.25, 0.3) is 10.8 Å². The Hall–Kier alpha value is -1.57. The third kappa shape index (κ3) is 4.04. The zero-order valence-electron chi connectivity index (χ0n) is 12.4. The zero-order chi connectivity index (χ0) is 15.7. The van der Waals surface area contributed by atoms with Crippen LogP contribution >= 0.6 is 0 Å².